The third-order valence-electron chi connectivity index (χ3n) is 3.20. The third kappa shape index (κ3) is 1.58. The molecule has 1 fully saturated rings. The molecule has 0 unspecified atom stereocenters. The lowest BCUT2D eigenvalue weighted by Crippen LogP contribution is -1.82. The Morgan fingerprint density at radius 2 is 1.87 bits per heavy atom. The van der Waals surface area contributed by atoms with Crippen LogP contribution in [0.4, 0.5) is 0 Å². The first-order valence-corrected chi connectivity index (χ1v) is 5.44. The van der Waals surface area contributed by atoms with Gasteiger partial charge in [0.1, 0.15) is 5.76 Å². The maximum atomic E-state index is 5.43. The van der Waals surface area contributed by atoms with Gasteiger partial charge in [-0.05, 0) is 37.0 Å². The van der Waals surface area contributed by atoms with Crippen LogP contribution in [0, 0.1) is 6.92 Å². The lowest BCUT2D eigenvalue weighted by atomic mass is 10.1. The van der Waals surface area contributed by atoms with Crippen molar-refractivity contribution >= 4 is 0 Å². The van der Waals surface area contributed by atoms with Gasteiger partial charge < -0.3 is 4.42 Å². The second kappa shape index (κ2) is 3.27. The van der Waals surface area contributed by atoms with Gasteiger partial charge in [-0.1, -0.05) is 29.8 Å². The molecular weight excluding hydrogens is 184 g/mol. The van der Waals surface area contributed by atoms with Gasteiger partial charge in [0, 0.05) is 5.92 Å². The Morgan fingerprint density at radius 1 is 1.07 bits per heavy atom. The van der Waals surface area contributed by atoms with Gasteiger partial charge in [-0.2, -0.15) is 0 Å². The third-order valence-corrected chi connectivity index (χ3v) is 3.20. The fourth-order valence-electron chi connectivity index (χ4n) is 2.19. The molecule has 1 nitrogen and oxygen atoms in total. The van der Waals surface area contributed by atoms with Gasteiger partial charge in [0.15, 0.2) is 0 Å². The summed E-state index contributed by atoms with van der Waals surface area (Å²) in [5.41, 5.74) is 2.77. The highest BCUT2D eigenvalue weighted by atomic mass is 16.3. The number of hydrogen-bond donors (Lipinski definition) is 0. The Bertz CT molecular complexity index is 439. The highest BCUT2D eigenvalue weighted by Gasteiger charge is 2.41. The van der Waals surface area contributed by atoms with E-state index < -0.39 is 0 Å². The molecule has 1 aliphatic rings. The summed E-state index contributed by atoms with van der Waals surface area (Å²) in [4.78, 5) is 0. The van der Waals surface area contributed by atoms with E-state index in [1.165, 1.54) is 17.5 Å². The average Bonchev–Trinajstić information content (AvgIpc) is 2.87. The molecule has 1 saturated carbocycles. The first-order chi connectivity index (χ1) is 7.34. The van der Waals surface area contributed by atoms with Crippen molar-refractivity contribution in [1.29, 1.82) is 0 Å². The monoisotopic (exact) mass is 198 g/mol. The molecule has 0 N–H and O–H groups in total. The molecule has 1 heterocycles. The van der Waals surface area contributed by atoms with Crippen LogP contribution in [0.5, 0.6) is 0 Å². The quantitative estimate of drug-likeness (QED) is 0.714. The molecule has 0 bridgehead atoms. The van der Waals surface area contributed by atoms with E-state index in [0.29, 0.717) is 11.8 Å². The molecule has 0 amide bonds. The van der Waals surface area contributed by atoms with Gasteiger partial charge in [-0.3, -0.25) is 0 Å². The molecule has 0 radical (unpaired) electrons. The summed E-state index contributed by atoms with van der Waals surface area (Å²) in [5, 5.41) is 0. The molecule has 2 aromatic rings. The van der Waals surface area contributed by atoms with Crippen molar-refractivity contribution in [1.82, 2.24) is 0 Å². The van der Waals surface area contributed by atoms with Gasteiger partial charge >= 0.3 is 0 Å². The summed E-state index contributed by atoms with van der Waals surface area (Å²) in [6.07, 6.45) is 3.00. The van der Waals surface area contributed by atoms with Crippen LogP contribution in [0.25, 0.3) is 0 Å². The molecule has 2 atom stereocenters. The summed E-state index contributed by atoms with van der Waals surface area (Å²) < 4.78 is 5.43. The lowest BCUT2D eigenvalue weighted by Gasteiger charge is -1.99. The average molecular weight is 198 g/mol. The van der Waals surface area contributed by atoms with E-state index in [1.54, 1.807) is 6.26 Å². The van der Waals surface area contributed by atoms with Gasteiger partial charge in [0.2, 0.25) is 0 Å². The smallest absolute Gasteiger partial charge is 0.107 e. The Balaban J connectivity index is 1.79. The van der Waals surface area contributed by atoms with E-state index >= 15 is 0 Å². The topological polar surface area (TPSA) is 13.1 Å². The van der Waals surface area contributed by atoms with Crippen LogP contribution < -0.4 is 0 Å². The first-order valence-electron chi connectivity index (χ1n) is 5.44. The van der Waals surface area contributed by atoms with E-state index in [1.807, 2.05) is 6.07 Å². The van der Waals surface area contributed by atoms with Crippen LogP contribution in [0.2, 0.25) is 0 Å². The van der Waals surface area contributed by atoms with Crippen molar-refractivity contribution in [2.24, 2.45) is 0 Å². The summed E-state index contributed by atoms with van der Waals surface area (Å²) >= 11 is 0. The summed E-state index contributed by atoms with van der Waals surface area (Å²) in [7, 11) is 0. The number of aryl methyl sites for hydroxylation is 1. The first kappa shape index (κ1) is 8.78. The molecule has 1 aromatic heterocycles. The Kier molecular flexibility index (Phi) is 1.91. The molecule has 1 aliphatic carbocycles. The normalized spacial score (nSPS) is 24.1. The molecular formula is C14H14O. The fraction of sp³-hybridized carbons (Fsp3) is 0.286. The molecule has 1 aromatic carbocycles. The van der Waals surface area contributed by atoms with Crippen LogP contribution in [0.3, 0.4) is 0 Å². The highest BCUT2D eigenvalue weighted by Crippen LogP contribution is 2.54. The van der Waals surface area contributed by atoms with Crippen molar-refractivity contribution in [3.63, 3.8) is 0 Å². The zero-order valence-electron chi connectivity index (χ0n) is 8.81. The van der Waals surface area contributed by atoms with Gasteiger partial charge in [-0.25, -0.2) is 0 Å². The Labute approximate surface area is 89.7 Å². The van der Waals surface area contributed by atoms with Crippen LogP contribution >= 0.6 is 0 Å². The van der Waals surface area contributed by atoms with Crippen LogP contribution in [0.15, 0.2) is 47.1 Å². The summed E-state index contributed by atoms with van der Waals surface area (Å²) in [5.74, 6) is 2.43. The van der Waals surface area contributed by atoms with Gasteiger partial charge in [0.25, 0.3) is 0 Å². The minimum absolute atomic E-state index is 0.614. The van der Waals surface area contributed by atoms with Crippen LogP contribution in [0.1, 0.15) is 35.1 Å². The Morgan fingerprint density at radius 3 is 2.53 bits per heavy atom. The van der Waals surface area contributed by atoms with Crippen LogP contribution in [-0.4, -0.2) is 0 Å². The molecule has 1 heteroatoms. The highest BCUT2D eigenvalue weighted by molar-refractivity contribution is 5.34. The van der Waals surface area contributed by atoms with E-state index in [4.69, 9.17) is 4.42 Å². The fourth-order valence-corrected chi connectivity index (χ4v) is 2.19. The van der Waals surface area contributed by atoms with Crippen molar-refractivity contribution < 1.29 is 4.42 Å². The minimum Gasteiger partial charge on any atom is -0.469 e. The molecule has 0 spiro atoms. The standard InChI is InChI=1S/C14H14O/c1-10-4-6-11(7-5-10)12-9-13(12)14-3-2-8-15-14/h2-8,12-13H,9H2,1H3/t12-,13-/m1/s1. The Hall–Kier alpha value is -1.50. The number of benzene rings is 1. The number of rotatable bonds is 2. The zero-order chi connectivity index (χ0) is 10.3. The molecule has 15 heavy (non-hydrogen) atoms. The van der Waals surface area contributed by atoms with Gasteiger partial charge in [0.05, 0.1) is 6.26 Å². The second-order valence-corrected chi connectivity index (χ2v) is 4.37. The molecule has 0 saturated heterocycles. The van der Waals surface area contributed by atoms with Crippen LogP contribution in [-0.2, 0) is 0 Å². The minimum atomic E-state index is 0.614. The summed E-state index contributed by atoms with van der Waals surface area (Å²) in [6.45, 7) is 2.13. The zero-order valence-corrected chi connectivity index (χ0v) is 8.81. The van der Waals surface area contributed by atoms with E-state index in [9.17, 15) is 0 Å². The summed E-state index contributed by atoms with van der Waals surface area (Å²) in [6, 6.07) is 12.9. The number of furan rings is 1. The molecule has 76 valence electrons. The molecule has 3 rings (SSSR count). The second-order valence-electron chi connectivity index (χ2n) is 4.37. The predicted molar refractivity (Wildman–Crippen MR) is 60.0 cm³/mol. The van der Waals surface area contributed by atoms with Crippen molar-refractivity contribution in [3.05, 3.63) is 59.5 Å². The van der Waals surface area contributed by atoms with E-state index in [0.717, 1.165) is 5.76 Å². The van der Waals surface area contributed by atoms with E-state index in [-0.39, 0.29) is 0 Å². The predicted octanol–water partition coefficient (Wildman–Crippen LogP) is 3.86. The SMILES string of the molecule is Cc1ccc([C@H]2C[C@H]2c2ccco2)cc1. The van der Waals surface area contributed by atoms with Crippen molar-refractivity contribution in [2.45, 2.75) is 25.2 Å². The maximum absolute atomic E-state index is 5.43. The lowest BCUT2D eigenvalue weighted by molar-refractivity contribution is 0.509. The van der Waals surface area contributed by atoms with Gasteiger partial charge in [-0.15, -0.1) is 0 Å². The molecule has 0 aliphatic heterocycles. The van der Waals surface area contributed by atoms with E-state index in [2.05, 4.69) is 37.3 Å². The largest absolute Gasteiger partial charge is 0.469 e. The number of hydrogen-bond acceptors (Lipinski definition) is 1. The van der Waals surface area contributed by atoms with Crippen molar-refractivity contribution in [3.8, 4) is 0 Å². The maximum Gasteiger partial charge on any atom is 0.107 e. The van der Waals surface area contributed by atoms with Crippen molar-refractivity contribution in [2.75, 3.05) is 0 Å².